The van der Waals surface area contributed by atoms with Gasteiger partial charge >= 0.3 is 0 Å². The van der Waals surface area contributed by atoms with Crippen molar-refractivity contribution in [3.63, 3.8) is 0 Å². The number of rotatable bonds is 6. The van der Waals surface area contributed by atoms with Gasteiger partial charge in [0.1, 0.15) is 12.1 Å². The third-order valence-corrected chi connectivity index (χ3v) is 3.05. The van der Waals surface area contributed by atoms with E-state index in [2.05, 4.69) is 41.2 Å². The molecule has 2 rings (SSSR count). The number of aryl methyl sites for hydroxylation is 1. The monoisotopic (exact) mass is 259 g/mol. The smallest absolute Gasteiger partial charge is 0.133 e. The highest BCUT2D eigenvalue weighted by molar-refractivity contribution is 5.65. The van der Waals surface area contributed by atoms with Crippen molar-refractivity contribution < 1.29 is 0 Å². The summed E-state index contributed by atoms with van der Waals surface area (Å²) in [5.41, 5.74) is 3.24. The van der Waals surface area contributed by atoms with Crippen LogP contribution in [0.5, 0.6) is 0 Å². The minimum atomic E-state index is 0.842. The molecule has 0 atom stereocenters. The van der Waals surface area contributed by atoms with Gasteiger partial charge in [-0.25, -0.2) is 9.97 Å². The summed E-state index contributed by atoms with van der Waals surface area (Å²) in [6.07, 6.45) is 5.48. The molecule has 2 heterocycles. The molecule has 2 aromatic heterocycles. The van der Waals surface area contributed by atoms with E-state index in [4.69, 9.17) is 0 Å². The Labute approximate surface area is 114 Å². The molecule has 5 nitrogen and oxygen atoms in total. The Morgan fingerprint density at radius 3 is 2.74 bits per heavy atom. The molecular weight excluding hydrogens is 238 g/mol. The molecule has 0 aliphatic heterocycles. The Kier molecular flexibility index (Phi) is 4.49. The van der Waals surface area contributed by atoms with Crippen molar-refractivity contribution in [2.45, 2.75) is 40.2 Å². The van der Waals surface area contributed by atoms with E-state index in [0.717, 1.165) is 43.1 Å². The lowest BCUT2D eigenvalue weighted by atomic mass is 10.1. The summed E-state index contributed by atoms with van der Waals surface area (Å²) in [6.45, 7) is 8.04. The van der Waals surface area contributed by atoms with Gasteiger partial charge in [0.15, 0.2) is 0 Å². The Balaban J connectivity index is 2.52. The van der Waals surface area contributed by atoms with E-state index in [9.17, 15) is 0 Å². The number of hydrogen-bond acceptors (Lipinski definition) is 4. The van der Waals surface area contributed by atoms with Gasteiger partial charge in [-0.1, -0.05) is 13.3 Å². The largest absolute Gasteiger partial charge is 0.370 e. The second-order valence-corrected chi connectivity index (χ2v) is 4.36. The average Bonchev–Trinajstić information content (AvgIpc) is 2.89. The average molecular weight is 259 g/mol. The van der Waals surface area contributed by atoms with Gasteiger partial charge in [0.25, 0.3) is 0 Å². The SMILES string of the molecule is CCCc1c(NCC)ncnc1-c1ccnn1CC. The first kappa shape index (κ1) is 13.5. The van der Waals surface area contributed by atoms with Crippen molar-refractivity contribution in [2.24, 2.45) is 0 Å². The van der Waals surface area contributed by atoms with Crippen LogP contribution in [0.1, 0.15) is 32.8 Å². The van der Waals surface area contributed by atoms with E-state index in [1.807, 2.05) is 16.9 Å². The fraction of sp³-hybridized carbons (Fsp3) is 0.500. The molecule has 0 bridgehead atoms. The highest BCUT2D eigenvalue weighted by Crippen LogP contribution is 2.26. The predicted molar refractivity (Wildman–Crippen MR) is 77.1 cm³/mol. The van der Waals surface area contributed by atoms with E-state index in [-0.39, 0.29) is 0 Å². The van der Waals surface area contributed by atoms with Gasteiger partial charge in [0, 0.05) is 24.8 Å². The van der Waals surface area contributed by atoms with Crippen LogP contribution in [0.3, 0.4) is 0 Å². The van der Waals surface area contributed by atoms with Gasteiger partial charge in [-0.2, -0.15) is 5.10 Å². The zero-order chi connectivity index (χ0) is 13.7. The van der Waals surface area contributed by atoms with Gasteiger partial charge in [0.2, 0.25) is 0 Å². The summed E-state index contributed by atoms with van der Waals surface area (Å²) in [5, 5.41) is 7.64. The first-order valence-corrected chi connectivity index (χ1v) is 6.91. The van der Waals surface area contributed by atoms with Crippen LogP contribution in [-0.2, 0) is 13.0 Å². The van der Waals surface area contributed by atoms with Gasteiger partial charge in [0.05, 0.1) is 11.4 Å². The van der Waals surface area contributed by atoms with Crippen molar-refractivity contribution >= 4 is 5.82 Å². The second-order valence-electron chi connectivity index (χ2n) is 4.36. The summed E-state index contributed by atoms with van der Waals surface area (Å²) in [7, 11) is 0. The zero-order valence-corrected chi connectivity index (χ0v) is 11.8. The van der Waals surface area contributed by atoms with Gasteiger partial charge < -0.3 is 5.32 Å². The van der Waals surface area contributed by atoms with Crippen LogP contribution in [0.4, 0.5) is 5.82 Å². The van der Waals surface area contributed by atoms with Crippen LogP contribution in [0, 0.1) is 0 Å². The van der Waals surface area contributed by atoms with E-state index in [1.165, 1.54) is 5.56 Å². The Hall–Kier alpha value is -1.91. The summed E-state index contributed by atoms with van der Waals surface area (Å²) >= 11 is 0. The highest BCUT2D eigenvalue weighted by atomic mass is 15.3. The number of anilines is 1. The molecule has 0 radical (unpaired) electrons. The molecule has 19 heavy (non-hydrogen) atoms. The maximum atomic E-state index is 4.48. The lowest BCUT2D eigenvalue weighted by Gasteiger charge is -2.13. The molecule has 0 amide bonds. The van der Waals surface area contributed by atoms with Crippen molar-refractivity contribution in [3.05, 3.63) is 24.2 Å². The third kappa shape index (κ3) is 2.75. The van der Waals surface area contributed by atoms with Crippen LogP contribution in [0.15, 0.2) is 18.6 Å². The highest BCUT2D eigenvalue weighted by Gasteiger charge is 2.15. The van der Waals surface area contributed by atoms with Crippen molar-refractivity contribution in [2.75, 3.05) is 11.9 Å². The maximum Gasteiger partial charge on any atom is 0.133 e. The fourth-order valence-corrected chi connectivity index (χ4v) is 2.23. The summed E-state index contributed by atoms with van der Waals surface area (Å²) in [5.74, 6) is 0.943. The van der Waals surface area contributed by atoms with Crippen LogP contribution in [0.2, 0.25) is 0 Å². The molecule has 0 aromatic carbocycles. The third-order valence-electron chi connectivity index (χ3n) is 3.05. The molecule has 0 fully saturated rings. The second kappa shape index (κ2) is 6.31. The van der Waals surface area contributed by atoms with Crippen LogP contribution in [0.25, 0.3) is 11.4 Å². The van der Waals surface area contributed by atoms with Gasteiger partial charge in [-0.05, 0) is 26.3 Å². The fourth-order valence-electron chi connectivity index (χ4n) is 2.23. The normalized spacial score (nSPS) is 10.7. The van der Waals surface area contributed by atoms with E-state index in [0.29, 0.717) is 0 Å². The summed E-state index contributed by atoms with van der Waals surface area (Å²) < 4.78 is 1.97. The van der Waals surface area contributed by atoms with Crippen LogP contribution in [-0.4, -0.2) is 26.3 Å². The maximum absolute atomic E-state index is 4.48. The lowest BCUT2D eigenvalue weighted by molar-refractivity contribution is 0.664. The molecule has 0 aliphatic rings. The topological polar surface area (TPSA) is 55.6 Å². The Morgan fingerprint density at radius 2 is 2.05 bits per heavy atom. The number of nitrogens with one attached hydrogen (secondary N) is 1. The Morgan fingerprint density at radius 1 is 1.21 bits per heavy atom. The first-order chi connectivity index (χ1) is 9.31. The summed E-state index contributed by atoms with van der Waals surface area (Å²) in [4.78, 5) is 8.84. The molecule has 0 spiro atoms. The molecule has 2 aromatic rings. The van der Waals surface area contributed by atoms with Crippen LogP contribution >= 0.6 is 0 Å². The molecule has 1 N–H and O–H groups in total. The molecule has 0 unspecified atom stereocenters. The van der Waals surface area contributed by atoms with E-state index >= 15 is 0 Å². The molecule has 102 valence electrons. The van der Waals surface area contributed by atoms with E-state index < -0.39 is 0 Å². The van der Waals surface area contributed by atoms with Gasteiger partial charge in [-0.15, -0.1) is 0 Å². The van der Waals surface area contributed by atoms with Crippen molar-refractivity contribution in [3.8, 4) is 11.4 Å². The minimum Gasteiger partial charge on any atom is -0.370 e. The van der Waals surface area contributed by atoms with Crippen molar-refractivity contribution in [1.29, 1.82) is 0 Å². The van der Waals surface area contributed by atoms with Crippen LogP contribution < -0.4 is 5.32 Å². The first-order valence-electron chi connectivity index (χ1n) is 6.91. The summed E-state index contributed by atoms with van der Waals surface area (Å²) in [6, 6.07) is 2.01. The molecule has 0 aliphatic carbocycles. The quantitative estimate of drug-likeness (QED) is 0.866. The molecule has 5 heteroatoms. The molecule has 0 saturated heterocycles. The number of nitrogens with zero attached hydrogens (tertiary/aromatic N) is 4. The van der Waals surface area contributed by atoms with Crippen molar-refractivity contribution in [1.82, 2.24) is 19.7 Å². The number of hydrogen-bond donors (Lipinski definition) is 1. The zero-order valence-electron chi connectivity index (χ0n) is 11.8. The molecular formula is C14H21N5. The standard InChI is InChI=1S/C14H21N5/c1-4-7-11-13(12-8-9-18-19(12)6-3)16-10-17-14(11)15-5-2/h8-10H,4-7H2,1-3H3,(H,15,16,17). The van der Waals surface area contributed by atoms with E-state index in [1.54, 1.807) is 6.33 Å². The Bertz CT molecular complexity index is 532. The molecule has 0 saturated carbocycles. The predicted octanol–water partition coefficient (Wildman–Crippen LogP) is 2.74. The van der Waals surface area contributed by atoms with Gasteiger partial charge in [-0.3, -0.25) is 4.68 Å². The lowest BCUT2D eigenvalue weighted by Crippen LogP contribution is -2.08. The number of aromatic nitrogens is 4. The minimum absolute atomic E-state index is 0.842.